The van der Waals surface area contributed by atoms with E-state index in [0.717, 1.165) is 37.0 Å². The number of hydrogen-bond donors (Lipinski definition) is 0. The standard InChI is InChI=1S/C22H33NO2/c1-21(2,3)25-20(24)23-18-4-5-19(23)10-17(9-18)22-11-14-6-15(12-22)8-16(7-14)13-22/h9,14-16,18-19H,4-8,10-13H2,1-3H3. The number of amides is 1. The molecule has 2 atom stereocenters. The van der Waals surface area contributed by atoms with Crippen LogP contribution in [-0.4, -0.2) is 28.7 Å². The summed E-state index contributed by atoms with van der Waals surface area (Å²) in [5, 5.41) is 0. The van der Waals surface area contributed by atoms with Crippen LogP contribution in [-0.2, 0) is 4.74 Å². The largest absolute Gasteiger partial charge is 0.444 e. The number of fused-ring (bicyclic) bond motifs is 2. The van der Waals surface area contributed by atoms with Crippen molar-refractivity contribution in [2.24, 2.45) is 23.2 Å². The van der Waals surface area contributed by atoms with Crippen molar-refractivity contribution >= 4 is 6.09 Å². The molecule has 1 amide bonds. The second kappa shape index (κ2) is 5.27. The van der Waals surface area contributed by atoms with Gasteiger partial charge in [-0.15, -0.1) is 0 Å². The summed E-state index contributed by atoms with van der Waals surface area (Å²) in [5.74, 6) is 2.98. The van der Waals surface area contributed by atoms with Gasteiger partial charge in [-0.2, -0.15) is 0 Å². The Bertz CT molecular complexity index is 579. The highest BCUT2D eigenvalue weighted by Gasteiger charge is 2.54. The minimum absolute atomic E-state index is 0.0965. The van der Waals surface area contributed by atoms with Crippen molar-refractivity contribution in [2.75, 3.05) is 0 Å². The van der Waals surface area contributed by atoms with Crippen molar-refractivity contribution in [3.05, 3.63) is 11.6 Å². The summed E-state index contributed by atoms with van der Waals surface area (Å²) in [5.41, 5.74) is 1.84. The van der Waals surface area contributed by atoms with E-state index in [1.54, 1.807) is 5.57 Å². The molecule has 1 saturated heterocycles. The molecule has 5 fully saturated rings. The molecule has 6 bridgehead atoms. The molecule has 2 aliphatic heterocycles. The third-order valence-corrected chi connectivity index (χ3v) is 7.72. The smallest absolute Gasteiger partial charge is 0.411 e. The lowest BCUT2D eigenvalue weighted by molar-refractivity contribution is -0.0363. The molecule has 4 aliphatic carbocycles. The van der Waals surface area contributed by atoms with Crippen LogP contribution in [0.3, 0.4) is 0 Å². The summed E-state index contributed by atoms with van der Waals surface area (Å²) in [6.45, 7) is 5.90. The average Bonchev–Trinajstić information content (AvgIpc) is 2.74. The van der Waals surface area contributed by atoms with Gasteiger partial charge >= 0.3 is 6.09 Å². The van der Waals surface area contributed by atoms with E-state index in [-0.39, 0.29) is 12.1 Å². The molecule has 3 heteroatoms. The zero-order chi connectivity index (χ0) is 17.4. The highest BCUT2D eigenvalue weighted by atomic mass is 16.6. The minimum Gasteiger partial charge on any atom is -0.444 e. The van der Waals surface area contributed by atoms with Crippen LogP contribution in [0.5, 0.6) is 0 Å². The van der Waals surface area contributed by atoms with E-state index in [1.165, 1.54) is 38.5 Å². The van der Waals surface area contributed by atoms with E-state index in [0.29, 0.717) is 11.5 Å². The maximum atomic E-state index is 12.7. The fourth-order valence-electron chi connectivity index (χ4n) is 7.33. The molecule has 2 unspecified atom stereocenters. The van der Waals surface area contributed by atoms with Crippen LogP contribution >= 0.6 is 0 Å². The third-order valence-electron chi connectivity index (χ3n) is 7.72. The lowest BCUT2D eigenvalue weighted by Crippen LogP contribution is -2.51. The maximum Gasteiger partial charge on any atom is 0.411 e. The van der Waals surface area contributed by atoms with E-state index in [2.05, 4.69) is 11.0 Å². The van der Waals surface area contributed by atoms with Crippen molar-refractivity contribution < 1.29 is 9.53 Å². The van der Waals surface area contributed by atoms with Crippen LogP contribution < -0.4 is 0 Å². The van der Waals surface area contributed by atoms with Gasteiger partial charge in [0.25, 0.3) is 0 Å². The van der Waals surface area contributed by atoms with Gasteiger partial charge in [0.05, 0.1) is 6.04 Å². The Labute approximate surface area is 152 Å². The van der Waals surface area contributed by atoms with Crippen molar-refractivity contribution in [3.63, 3.8) is 0 Å². The van der Waals surface area contributed by atoms with Gasteiger partial charge in [0.15, 0.2) is 0 Å². The molecule has 4 saturated carbocycles. The van der Waals surface area contributed by atoms with Gasteiger partial charge < -0.3 is 4.74 Å². The second-order valence-electron chi connectivity index (χ2n) is 10.8. The van der Waals surface area contributed by atoms with E-state index in [9.17, 15) is 4.79 Å². The highest BCUT2D eigenvalue weighted by molar-refractivity contribution is 5.70. The minimum atomic E-state index is -0.402. The van der Waals surface area contributed by atoms with Crippen molar-refractivity contribution in [2.45, 2.75) is 96.2 Å². The summed E-state index contributed by atoms with van der Waals surface area (Å²) in [6, 6.07) is 0.671. The molecule has 0 aromatic rings. The first-order chi connectivity index (χ1) is 11.8. The van der Waals surface area contributed by atoms with Crippen LogP contribution in [0, 0.1) is 23.2 Å². The zero-order valence-electron chi connectivity index (χ0n) is 16.1. The molecule has 0 aromatic heterocycles. The fourth-order valence-corrected chi connectivity index (χ4v) is 7.33. The van der Waals surface area contributed by atoms with Crippen LogP contribution in [0.1, 0.15) is 78.6 Å². The van der Waals surface area contributed by atoms with Gasteiger partial charge in [-0.05, 0) is 102 Å². The molecular formula is C22H33NO2. The van der Waals surface area contributed by atoms with Gasteiger partial charge in [-0.25, -0.2) is 4.79 Å². The molecule has 6 aliphatic rings. The SMILES string of the molecule is CC(C)(C)OC(=O)N1C2C=C(C34CC5CC(CC(C5)C3)C4)CC1CC2. The maximum absolute atomic E-state index is 12.7. The van der Waals surface area contributed by atoms with Gasteiger partial charge in [0.1, 0.15) is 5.60 Å². The van der Waals surface area contributed by atoms with Crippen molar-refractivity contribution in [1.29, 1.82) is 0 Å². The highest BCUT2D eigenvalue weighted by Crippen LogP contribution is 2.64. The van der Waals surface area contributed by atoms with Crippen molar-refractivity contribution in [3.8, 4) is 0 Å². The number of carbonyl (C=O) groups is 1. The summed E-state index contributed by atoms with van der Waals surface area (Å²) in [6.07, 6.45) is 14.6. The fraction of sp³-hybridized carbons (Fsp3) is 0.864. The first-order valence-electron chi connectivity index (χ1n) is 10.5. The molecule has 3 nitrogen and oxygen atoms in total. The van der Waals surface area contributed by atoms with E-state index >= 15 is 0 Å². The summed E-state index contributed by atoms with van der Waals surface area (Å²) in [7, 11) is 0. The summed E-state index contributed by atoms with van der Waals surface area (Å²) in [4.78, 5) is 14.8. The van der Waals surface area contributed by atoms with Crippen molar-refractivity contribution in [1.82, 2.24) is 4.90 Å². The lowest BCUT2D eigenvalue weighted by atomic mass is 9.47. The number of carbonyl (C=O) groups excluding carboxylic acids is 1. The Morgan fingerprint density at radius 3 is 2.20 bits per heavy atom. The van der Waals surface area contributed by atoms with Gasteiger partial charge in [0, 0.05) is 6.04 Å². The lowest BCUT2D eigenvalue weighted by Gasteiger charge is -2.58. The Balaban J connectivity index is 1.39. The van der Waals surface area contributed by atoms with Crippen LogP contribution in [0.2, 0.25) is 0 Å². The zero-order valence-corrected chi connectivity index (χ0v) is 16.1. The number of nitrogens with zero attached hydrogens (tertiary/aromatic N) is 1. The first-order valence-corrected chi connectivity index (χ1v) is 10.5. The molecule has 138 valence electrons. The monoisotopic (exact) mass is 343 g/mol. The van der Waals surface area contributed by atoms with Gasteiger partial charge in [-0.1, -0.05) is 11.6 Å². The quantitative estimate of drug-likeness (QED) is 0.605. The number of hydrogen-bond acceptors (Lipinski definition) is 2. The predicted octanol–water partition coefficient (Wildman–Crippen LogP) is 5.30. The molecule has 0 radical (unpaired) electrons. The van der Waals surface area contributed by atoms with E-state index in [4.69, 9.17) is 4.74 Å². The van der Waals surface area contributed by atoms with Gasteiger partial charge in [0.2, 0.25) is 0 Å². The van der Waals surface area contributed by atoms with Crippen LogP contribution in [0.4, 0.5) is 4.79 Å². The Morgan fingerprint density at radius 2 is 1.68 bits per heavy atom. The molecule has 6 rings (SSSR count). The molecule has 25 heavy (non-hydrogen) atoms. The first kappa shape index (κ1) is 16.2. The van der Waals surface area contributed by atoms with Gasteiger partial charge in [-0.3, -0.25) is 4.90 Å². The van der Waals surface area contributed by atoms with E-state index < -0.39 is 5.60 Å². The second-order valence-corrected chi connectivity index (χ2v) is 10.8. The number of ether oxygens (including phenoxy) is 1. The normalized spacial score (nSPS) is 44.8. The molecular weight excluding hydrogens is 310 g/mol. The Hall–Kier alpha value is -0.990. The predicted molar refractivity (Wildman–Crippen MR) is 98.2 cm³/mol. The summed E-state index contributed by atoms with van der Waals surface area (Å²) < 4.78 is 5.70. The third kappa shape index (κ3) is 2.64. The topological polar surface area (TPSA) is 29.5 Å². The van der Waals surface area contributed by atoms with Crippen LogP contribution in [0.25, 0.3) is 0 Å². The average molecular weight is 344 g/mol. The summed E-state index contributed by atoms with van der Waals surface area (Å²) >= 11 is 0. The van der Waals surface area contributed by atoms with Crippen LogP contribution in [0.15, 0.2) is 11.6 Å². The Morgan fingerprint density at radius 1 is 1.08 bits per heavy atom. The molecule has 2 heterocycles. The Kier molecular flexibility index (Phi) is 3.41. The molecule has 0 spiro atoms. The molecule has 0 aromatic carbocycles. The van der Waals surface area contributed by atoms with E-state index in [1.807, 2.05) is 20.8 Å². The molecule has 0 N–H and O–H groups in total. The number of rotatable bonds is 1.